The molecule has 0 aromatic heterocycles. The first-order valence-corrected chi connectivity index (χ1v) is 19.5. The summed E-state index contributed by atoms with van der Waals surface area (Å²) in [6.45, 7) is 12.0. The van der Waals surface area contributed by atoms with E-state index in [0.717, 1.165) is 54.6 Å². The maximum Gasteiger partial charge on any atom is 0.167 e. The Morgan fingerprint density at radius 3 is 2.59 bits per heavy atom. The predicted molar refractivity (Wildman–Crippen MR) is 205 cm³/mol. The van der Waals surface area contributed by atoms with Gasteiger partial charge in [0, 0.05) is 54.2 Å². The van der Waals surface area contributed by atoms with E-state index < -0.39 is 0 Å². The molecule has 7 aliphatic rings. The van der Waals surface area contributed by atoms with Crippen LogP contribution in [0.15, 0.2) is 90.4 Å². The number of fused-ring (bicyclic) bond motifs is 4. The van der Waals surface area contributed by atoms with E-state index >= 15 is 0 Å². The number of ketones is 1. The molecule has 2 saturated carbocycles. The Kier molecular flexibility index (Phi) is 9.77. The van der Waals surface area contributed by atoms with Crippen LogP contribution >= 0.6 is 0 Å². The molecule has 0 radical (unpaired) electrons. The number of rotatable bonds is 11. The SMILES string of the molecule is C=CC1CN2CCC1CC2C(OCCCOc1ccc(C)cc1C)C1CC=Nc2ccccc21.CN1C2CCC3CC(C(=O)c4ccccc4)C321. The number of carbonyl (C=O) groups excluding carboxylic acids is 1. The smallest absolute Gasteiger partial charge is 0.167 e. The van der Waals surface area contributed by atoms with Crippen LogP contribution in [0.4, 0.5) is 5.69 Å². The van der Waals surface area contributed by atoms with Crippen molar-refractivity contribution in [3.8, 4) is 5.75 Å². The number of hydrogen-bond acceptors (Lipinski definition) is 6. The summed E-state index contributed by atoms with van der Waals surface area (Å²) in [5.41, 5.74) is 6.08. The first-order chi connectivity index (χ1) is 24.9. The van der Waals surface area contributed by atoms with Gasteiger partial charge in [0.15, 0.2) is 5.78 Å². The molecule has 6 fully saturated rings. The first kappa shape index (κ1) is 34.5. The molecule has 11 atom stereocenters. The largest absolute Gasteiger partial charge is 0.493 e. The molecule has 3 aromatic carbocycles. The van der Waals surface area contributed by atoms with E-state index in [1.807, 2.05) is 30.3 Å². The quantitative estimate of drug-likeness (QED) is 0.0876. The minimum Gasteiger partial charge on any atom is -0.493 e. The highest BCUT2D eigenvalue weighted by Gasteiger charge is 2.78. The second kappa shape index (κ2) is 14.4. The van der Waals surface area contributed by atoms with Gasteiger partial charge in [0.25, 0.3) is 0 Å². The number of likely N-dealkylation sites (N-methyl/N-ethyl adjacent to an activating group) is 1. The highest BCUT2D eigenvalue weighted by atomic mass is 16.5. The Balaban J connectivity index is 0.000000182. The number of ether oxygens (including phenoxy) is 2. The molecule has 2 aliphatic carbocycles. The van der Waals surface area contributed by atoms with Gasteiger partial charge in [0.2, 0.25) is 0 Å². The monoisotopic (exact) mass is 685 g/mol. The summed E-state index contributed by atoms with van der Waals surface area (Å²) in [6, 6.07) is 25.9. The van der Waals surface area contributed by atoms with Crippen LogP contribution in [0.2, 0.25) is 0 Å². The van der Waals surface area contributed by atoms with E-state index in [0.29, 0.717) is 42.9 Å². The van der Waals surface area contributed by atoms with Crippen LogP contribution in [0.3, 0.4) is 0 Å². The van der Waals surface area contributed by atoms with Gasteiger partial charge in [-0.2, -0.15) is 0 Å². The highest BCUT2D eigenvalue weighted by molar-refractivity contribution is 6.00. The molecule has 11 unspecified atom stereocenters. The summed E-state index contributed by atoms with van der Waals surface area (Å²) >= 11 is 0. The van der Waals surface area contributed by atoms with Crippen LogP contribution in [0.1, 0.15) is 77.9 Å². The van der Waals surface area contributed by atoms with Crippen LogP contribution in [0, 0.1) is 37.5 Å². The third-order valence-electron chi connectivity index (χ3n) is 13.5. The number of benzene rings is 3. The van der Waals surface area contributed by atoms with E-state index in [1.165, 1.54) is 48.9 Å². The molecule has 0 amide bonds. The number of hydrogen-bond donors (Lipinski definition) is 0. The van der Waals surface area contributed by atoms with Gasteiger partial charge in [-0.05, 0) is 107 Å². The van der Waals surface area contributed by atoms with Crippen LogP contribution < -0.4 is 4.74 Å². The minimum atomic E-state index is 0.169. The molecule has 3 aromatic rings. The summed E-state index contributed by atoms with van der Waals surface area (Å²) in [4.78, 5) is 22.3. The number of likely N-dealkylation sites (tertiary alicyclic amines) is 1. The van der Waals surface area contributed by atoms with Crippen molar-refractivity contribution in [2.75, 3.05) is 33.4 Å². The minimum absolute atomic E-state index is 0.169. The van der Waals surface area contributed by atoms with Crippen LogP contribution in [-0.4, -0.2) is 78.9 Å². The van der Waals surface area contributed by atoms with Crippen LogP contribution in [-0.2, 0) is 4.74 Å². The van der Waals surface area contributed by atoms with Crippen molar-refractivity contribution in [1.29, 1.82) is 0 Å². The van der Waals surface area contributed by atoms with Crippen molar-refractivity contribution >= 4 is 17.7 Å². The van der Waals surface area contributed by atoms with Gasteiger partial charge in [0.05, 0.1) is 25.0 Å². The van der Waals surface area contributed by atoms with Gasteiger partial charge in [-0.15, -0.1) is 6.58 Å². The molecule has 1 spiro atoms. The normalized spacial score (nSPS) is 34.1. The molecule has 268 valence electrons. The fourth-order valence-electron chi connectivity index (χ4n) is 10.9. The molecule has 10 rings (SSSR count). The van der Waals surface area contributed by atoms with E-state index in [9.17, 15) is 4.79 Å². The fourth-order valence-corrected chi connectivity index (χ4v) is 10.9. The average Bonchev–Trinajstić information content (AvgIpc) is 3.68. The van der Waals surface area contributed by atoms with Crippen molar-refractivity contribution in [2.45, 2.75) is 88.4 Å². The third-order valence-corrected chi connectivity index (χ3v) is 13.5. The van der Waals surface area contributed by atoms with E-state index in [4.69, 9.17) is 9.47 Å². The molecule has 5 heterocycles. The molecule has 2 bridgehead atoms. The van der Waals surface area contributed by atoms with E-state index in [2.05, 4.69) is 97.0 Å². The topological polar surface area (TPSA) is 54.1 Å². The lowest BCUT2D eigenvalue weighted by atomic mass is 9.62. The maximum absolute atomic E-state index is 12.5. The first-order valence-electron chi connectivity index (χ1n) is 19.5. The number of Topliss-reactive ketones (excluding diaryl/α,β-unsaturated/α-hetero) is 1. The van der Waals surface area contributed by atoms with Gasteiger partial charge in [-0.1, -0.05) is 72.3 Å². The van der Waals surface area contributed by atoms with Crippen LogP contribution in [0.25, 0.3) is 0 Å². The number of aliphatic imine (C=N–C) groups is 1. The Labute approximate surface area is 304 Å². The Hall–Kier alpha value is -3.58. The lowest BCUT2D eigenvalue weighted by Gasteiger charge is -2.52. The molecule has 0 N–H and O–H groups in total. The number of aryl methyl sites for hydroxylation is 2. The molecule has 6 nitrogen and oxygen atoms in total. The van der Waals surface area contributed by atoms with Gasteiger partial charge in [-0.3, -0.25) is 19.6 Å². The van der Waals surface area contributed by atoms with Crippen molar-refractivity contribution in [3.63, 3.8) is 0 Å². The molecule has 5 aliphatic heterocycles. The summed E-state index contributed by atoms with van der Waals surface area (Å²) in [5.74, 6) is 4.13. The molecule has 51 heavy (non-hydrogen) atoms. The highest BCUT2D eigenvalue weighted by Crippen LogP contribution is 2.69. The fraction of sp³-hybridized carbons (Fsp3) is 0.511. The Morgan fingerprint density at radius 2 is 1.84 bits per heavy atom. The zero-order valence-electron chi connectivity index (χ0n) is 30.8. The number of para-hydroxylation sites is 1. The standard InChI is InChI=1S/C30H38N2O2.C15H17NO/c1-4-23-20-32-15-13-24(23)19-28(32)30(26-12-14-31-27-9-6-5-8-25(26)27)34-17-7-16-33-29-11-10-21(2)18-22(29)3;1-16-13-8-7-11-9-12(15(11,13)16)14(17)10-5-3-2-4-6-10/h4-6,8-11,14,18,23-24,26,28,30H,1,7,12-13,15-17,19-20H2,2-3H3;2-6,11-13H,7-9H2,1H3. The van der Waals surface area contributed by atoms with Gasteiger partial charge < -0.3 is 9.47 Å². The van der Waals surface area contributed by atoms with Crippen molar-refractivity contribution in [3.05, 3.63) is 108 Å². The Bertz CT molecular complexity index is 1750. The number of carbonyl (C=O) groups is 1. The zero-order valence-corrected chi connectivity index (χ0v) is 30.8. The zero-order chi connectivity index (χ0) is 35.1. The third kappa shape index (κ3) is 6.32. The second-order valence-electron chi connectivity index (χ2n) is 16.1. The molecular formula is C45H55N3O3. The lowest BCUT2D eigenvalue weighted by Crippen LogP contribution is -2.58. The van der Waals surface area contributed by atoms with Crippen molar-refractivity contribution < 1.29 is 14.3 Å². The second-order valence-corrected chi connectivity index (χ2v) is 16.1. The van der Waals surface area contributed by atoms with Crippen LogP contribution in [0.5, 0.6) is 5.75 Å². The average molecular weight is 686 g/mol. The number of nitrogens with zero attached hydrogens (tertiary/aromatic N) is 3. The summed E-state index contributed by atoms with van der Waals surface area (Å²) in [7, 11) is 2.20. The summed E-state index contributed by atoms with van der Waals surface area (Å²) < 4.78 is 12.9. The van der Waals surface area contributed by atoms with Gasteiger partial charge in [0.1, 0.15) is 5.75 Å². The molecular weight excluding hydrogens is 631 g/mol. The van der Waals surface area contributed by atoms with Gasteiger partial charge in [-0.25, -0.2) is 0 Å². The van der Waals surface area contributed by atoms with Gasteiger partial charge >= 0.3 is 0 Å². The van der Waals surface area contributed by atoms with Crippen molar-refractivity contribution in [2.24, 2.45) is 28.7 Å². The summed E-state index contributed by atoms with van der Waals surface area (Å²) in [6.07, 6.45) is 12.5. The van der Waals surface area contributed by atoms with Crippen molar-refractivity contribution in [1.82, 2.24) is 9.80 Å². The molecule has 4 saturated heterocycles. The molecule has 6 heteroatoms. The lowest BCUT2D eigenvalue weighted by molar-refractivity contribution is -0.0839. The maximum atomic E-state index is 12.5. The Morgan fingerprint density at radius 1 is 1.02 bits per heavy atom. The number of piperidine rings is 4. The van der Waals surface area contributed by atoms with E-state index in [1.54, 1.807) is 0 Å². The summed E-state index contributed by atoms with van der Waals surface area (Å²) in [5, 5.41) is 0. The van der Waals surface area contributed by atoms with E-state index in [-0.39, 0.29) is 17.6 Å². The predicted octanol–water partition coefficient (Wildman–Crippen LogP) is 8.60.